The summed E-state index contributed by atoms with van der Waals surface area (Å²) in [6.07, 6.45) is 4.86. The molecule has 0 aromatic heterocycles. The van der Waals surface area contributed by atoms with Crippen LogP contribution in [0, 0.1) is 11.7 Å². The number of nitrogens with one attached hydrogen (secondary N) is 1. The fourth-order valence-electron chi connectivity index (χ4n) is 7.69. The van der Waals surface area contributed by atoms with Gasteiger partial charge in [-0.1, -0.05) is 36.2 Å². The van der Waals surface area contributed by atoms with Crippen LogP contribution in [0.4, 0.5) is 10.1 Å². The Hall–Kier alpha value is -2.08. The van der Waals surface area contributed by atoms with Crippen LogP contribution in [0.5, 0.6) is 0 Å². The minimum absolute atomic E-state index is 0.00911. The molecule has 9 atom stereocenters. The van der Waals surface area contributed by atoms with Gasteiger partial charge in [0, 0.05) is 53.4 Å². The van der Waals surface area contributed by atoms with E-state index in [0.29, 0.717) is 48.5 Å². The summed E-state index contributed by atoms with van der Waals surface area (Å²) in [7, 11) is -3.35. The average Bonchev–Trinajstić information content (AvgIpc) is 3.77. The Morgan fingerprint density at radius 1 is 1.12 bits per heavy atom. The van der Waals surface area contributed by atoms with Crippen molar-refractivity contribution in [2.24, 2.45) is 11.7 Å². The van der Waals surface area contributed by atoms with E-state index in [4.69, 9.17) is 17.3 Å². The van der Waals surface area contributed by atoms with Gasteiger partial charge >= 0.3 is 0 Å². The van der Waals surface area contributed by atoms with Gasteiger partial charge < -0.3 is 16.2 Å². The van der Waals surface area contributed by atoms with Crippen LogP contribution in [0.15, 0.2) is 42.5 Å². The first-order valence-corrected chi connectivity index (χ1v) is 17.1. The number of rotatable bonds is 8. The molecule has 1 saturated carbocycles. The van der Waals surface area contributed by atoms with Gasteiger partial charge in [0.15, 0.2) is 0 Å². The molecule has 3 aliphatic heterocycles. The Morgan fingerprint density at radius 3 is 2.67 bits per heavy atom. The molecule has 1 amide bonds. The molecule has 8 nitrogen and oxygen atoms in total. The highest BCUT2D eigenvalue weighted by atomic mass is 35.5. The molecule has 2 aromatic rings. The average molecular weight is 619 g/mol. The molecule has 0 spiro atoms. The second-order valence-corrected chi connectivity index (χ2v) is 15.0. The van der Waals surface area contributed by atoms with Gasteiger partial charge in [0.05, 0.1) is 17.9 Å². The highest BCUT2D eigenvalue weighted by Gasteiger charge is 2.55. The number of piperazine rings is 1. The monoisotopic (exact) mass is 618 g/mol. The molecule has 228 valence electrons. The van der Waals surface area contributed by atoms with Gasteiger partial charge in [-0.05, 0) is 80.7 Å². The number of hydrogen-bond acceptors (Lipinski definition) is 6. The van der Waals surface area contributed by atoms with Gasteiger partial charge in [0.25, 0.3) is 0 Å². The summed E-state index contributed by atoms with van der Waals surface area (Å²) in [5, 5.41) is 13.9. The summed E-state index contributed by atoms with van der Waals surface area (Å²) in [5.41, 5.74) is 8.25. The van der Waals surface area contributed by atoms with Crippen LogP contribution in [-0.4, -0.2) is 77.8 Å². The maximum Gasteiger partial charge on any atom is 0.241 e. The van der Waals surface area contributed by atoms with Crippen molar-refractivity contribution in [3.05, 3.63) is 64.4 Å². The number of anilines is 1. The summed E-state index contributed by atoms with van der Waals surface area (Å²) < 4.78 is 43.0. The fraction of sp³-hybridized carbons (Fsp3) is 0.581. The fourth-order valence-corrected chi connectivity index (χ4v) is 9.64. The molecule has 2 aromatic carbocycles. The topological polar surface area (TPSA) is 116 Å². The quantitative estimate of drug-likeness (QED) is 0.387. The first kappa shape index (κ1) is 30.0. The summed E-state index contributed by atoms with van der Waals surface area (Å²) in [5.74, 6) is -1.04. The van der Waals surface area contributed by atoms with Gasteiger partial charge in [0.1, 0.15) is 5.82 Å². The minimum atomic E-state index is -3.35. The Bertz CT molecular complexity index is 1410. The third kappa shape index (κ3) is 6.12. The molecular formula is C31H40ClFN4O4S. The lowest BCUT2D eigenvalue weighted by Gasteiger charge is -2.37. The molecule has 4 N–H and O–H groups in total. The number of carbonyl (C=O) groups is 1. The van der Waals surface area contributed by atoms with E-state index >= 15 is 4.39 Å². The van der Waals surface area contributed by atoms with Gasteiger partial charge in [-0.25, -0.2) is 12.8 Å². The van der Waals surface area contributed by atoms with E-state index in [9.17, 15) is 18.3 Å². The highest BCUT2D eigenvalue weighted by molar-refractivity contribution is 7.89. The van der Waals surface area contributed by atoms with Crippen LogP contribution in [-0.2, 0) is 21.2 Å². The Morgan fingerprint density at radius 2 is 1.90 bits per heavy atom. The van der Waals surface area contributed by atoms with Gasteiger partial charge in [-0.15, -0.1) is 0 Å². The van der Waals surface area contributed by atoms with Crippen molar-refractivity contribution in [2.45, 2.75) is 87.6 Å². The van der Waals surface area contributed by atoms with E-state index in [0.717, 1.165) is 37.8 Å². The summed E-state index contributed by atoms with van der Waals surface area (Å²) >= 11 is 6.13. The van der Waals surface area contributed by atoms with Crippen LogP contribution in [0.1, 0.15) is 62.0 Å². The Balaban J connectivity index is 1.20. The van der Waals surface area contributed by atoms with Crippen LogP contribution >= 0.6 is 11.6 Å². The molecular weight excluding hydrogens is 579 g/mol. The van der Waals surface area contributed by atoms with Crippen LogP contribution in [0.3, 0.4) is 0 Å². The Labute approximate surface area is 252 Å². The van der Waals surface area contributed by atoms with Crippen molar-refractivity contribution in [3.63, 3.8) is 0 Å². The van der Waals surface area contributed by atoms with Gasteiger partial charge in [-0.2, -0.15) is 4.31 Å². The largest absolute Gasteiger partial charge is 0.393 e. The van der Waals surface area contributed by atoms with Crippen molar-refractivity contribution >= 4 is 33.2 Å². The normalized spacial score (nSPS) is 33.1. The first-order valence-electron chi connectivity index (χ1n) is 15.1. The molecule has 6 unspecified atom stereocenters. The van der Waals surface area contributed by atoms with Crippen molar-refractivity contribution in [1.29, 1.82) is 0 Å². The molecule has 3 heterocycles. The number of hydrogen-bond donors (Lipinski definition) is 3. The molecule has 4 fully saturated rings. The number of halogens is 2. The summed E-state index contributed by atoms with van der Waals surface area (Å²) in [6.45, 7) is 1.38. The summed E-state index contributed by atoms with van der Waals surface area (Å²) in [4.78, 5) is 16.0. The SMILES string of the molecule is N[C@H](C(=O)Nc1cccc(F)c1CC[C@H]1C2CN2C2CCCS(=O)(=O)N1C2)[C@@H](c1ccc(Cl)cc1)C1CCCC(O)C1. The van der Waals surface area contributed by atoms with Crippen molar-refractivity contribution in [1.82, 2.24) is 9.21 Å². The molecule has 11 heteroatoms. The molecule has 3 saturated heterocycles. The smallest absolute Gasteiger partial charge is 0.241 e. The second-order valence-electron chi connectivity index (χ2n) is 12.5. The van der Waals surface area contributed by atoms with E-state index in [1.807, 2.05) is 12.1 Å². The maximum atomic E-state index is 15.3. The standard InChI is InChI=1S/C31H40ClFN4O4S/c32-21-11-9-19(10-12-21)29(20-4-1-6-23(38)16-20)30(34)31(39)35-26-8-2-7-25(33)24(26)13-14-27-28-18-36(28)22-5-3-15-42(40,41)37(27)17-22/h2,7-12,20,22-23,27-30,38H,1,3-6,13-18,34H2,(H,35,39)/t20?,22?,23?,27-,28?,29-,30-,36?/m0/s1. The molecule has 2 bridgehead atoms. The van der Waals surface area contributed by atoms with Gasteiger partial charge in [-0.3, -0.25) is 9.69 Å². The highest BCUT2D eigenvalue weighted by Crippen LogP contribution is 2.41. The molecule has 4 aliphatic rings. The lowest BCUT2D eigenvalue weighted by atomic mass is 9.72. The van der Waals surface area contributed by atoms with E-state index in [1.165, 1.54) is 6.07 Å². The van der Waals surface area contributed by atoms with Crippen LogP contribution in [0.25, 0.3) is 0 Å². The van der Waals surface area contributed by atoms with E-state index in [1.54, 1.807) is 28.6 Å². The Kier molecular flexibility index (Phi) is 8.66. The predicted molar refractivity (Wildman–Crippen MR) is 161 cm³/mol. The lowest BCUT2D eigenvalue weighted by Crippen LogP contribution is -2.53. The third-order valence-corrected chi connectivity index (χ3v) is 12.1. The number of nitrogens with zero attached hydrogens (tertiary/aromatic N) is 2. The number of amides is 1. The maximum absolute atomic E-state index is 15.3. The number of fused-ring (bicyclic) bond motifs is 4. The van der Waals surface area contributed by atoms with E-state index in [2.05, 4.69) is 10.2 Å². The van der Waals surface area contributed by atoms with E-state index < -0.39 is 33.9 Å². The number of aliphatic hydroxyl groups is 1. The number of sulfonamides is 1. The number of benzene rings is 2. The number of nitrogens with two attached hydrogens (primary N) is 1. The molecule has 0 radical (unpaired) electrons. The molecule has 42 heavy (non-hydrogen) atoms. The summed E-state index contributed by atoms with van der Waals surface area (Å²) in [6, 6.07) is 11.2. The number of aliphatic hydroxyl groups excluding tert-OH is 1. The van der Waals surface area contributed by atoms with Crippen LogP contribution < -0.4 is 11.1 Å². The third-order valence-electron chi connectivity index (χ3n) is 9.87. The van der Waals surface area contributed by atoms with E-state index in [-0.39, 0.29) is 35.7 Å². The number of carbonyl (C=O) groups excluding carboxylic acids is 1. The zero-order valence-corrected chi connectivity index (χ0v) is 25.2. The zero-order valence-electron chi connectivity index (χ0n) is 23.7. The zero-order chi connectivity index (χ0) is 29.6. The minimum Gasteiger partial charge on any atom is -0.393 e. The lowest BCUT2D eigenvalue weighted by molar-refractivity contribution is -0.118. The van der Waals surface area contributed by atoms with Crippen LogP contribution in [0.2, 0.25) is 5.02 Å². The molecule has 1 aliphatic carbocycles. The second kappa shape index (κ2) is 12.1. The van der Waals surface area contributed by atoms with Crippen molar-refractivity contribution in [2.75, 3.05) is 24.2 Å². The predicted octanol–water partition coefficient (Wildman–Crippen LogP) is 3.87. The van der Waals surface area contributed by atoms with Crippen molar-refractivity contribution in [3.8, 4) is 0 Å². The van der Waals surface area contributed by atoms with Crippen molar-refractivity contribution < 1.29 is 22.7 Å². The van der Waals surface area contributed by atoms with Gasteiger partial charge in [0.2, 0.25) is 15.9 Å². The first-order chi connectivity index (χ1) is 20.1. The molecule has 6 rings (SSSR count).